The molecular weight excluding hydrogens is 478 g/mol. The summed E-state index contributed by atoms with van der Waals surface area (Å²) in [6.07, 6.45) is -5.09. The first-order valence-electron chi connectivity index (χ1n) is 10.9. The third kappa shape index (κ3) is 7.48. The lowest BCUT2D eigenvalue weighted by Gasteiger charge is -2.32. The first-order valence-corrected chi connectivity index (χ1v) is 10.9. The van der Waals surface area contributed by atoms with Crippen molar-refractivity contribution in [2.45, 2.75) is 51.7 Å². The number of quaternary nitrogens is 1. The molecule has 14 nitrogen and oxygen atoms in total. The van der Waals surface area contributed by atoms with Gasteiger partial charge < -0.3 is 25.2 Å². The zero-order valence-corrected chi connectivity index (χ0v) is 20.1. The van der Waals surface area contributed by atoms with E-state index in [1.165, 1.54) is 0 Å². The summed E-state index contributed by atoms with van der Waals surface area (Å²) >= 11 is 0. The zero-order valence-electron chi connectivity index (χ0n) is 20.1. The second kappa shape index (κ2) is 11.6. The van der Waals surface area contributed by atoms with Crippen LogP contribution in [-0.2, 0) is 35.3 Å². The Morgan fingerprint density at radius 1 is 1.14 bits per heavy atom. The van der Waals surface area contributed by atoms with Crippen LogP contribution in [0.25, 0.3) is 0 Å². The summed E-state index contributed by atoms with van der Waals surface area (Å²) in [5.74, 6) is -4.36. The molecule has 0 saturated carbocycles. The monoisotopic (exact) mass is 508 g/mol. The zero-order chi connectivity index (χ0) is 27.1. The number of nitrogens with one attached hydrogen (secondary N) is 3. The topological polar surface area (TPSA) is 203 Å². The summed E-state index contributed by atoms with van der Waals surface area (Å²) < 4.78 is 8.78. The van der Waals surface area contributed by atoms with E-state index in [0.29, 0.717) is 5.56 Å². The molecule has 2 unspecified atom stereocenters. The maximum absolute atomic E-state index is 12.8. The van der Waals surface area contributed by atoms with Gasteiger partial charge in [-0.1, -0.05) is 30.3 Å². The number of carbonyl (C=O) groups is 6. The fraction of sp³-hybridized carbons (Fsp3) is 0.455. The molecule has 0 radical (unpaired) electrons. The number of carboxylic acids is 1. The van der Waals surface area contributed by atoms with Gasteiger partial charge in [0.2, 0.25) is 0 Å². The largest absolute Gasteiger partial charge is 0.481 e. The van der Waals surface area contributed by atoms with E-state index in [0.717, 1.165) is 0 Å². The second-order valence-corrected chi connectivity index (χ2v) is 8.98. The van der Waals surface area contributed by atoms with Crippen molar-refractivity contribution in [2.75, 3.05) is 13.1 Å². The van der Waals surface area contributed by atoms with E-state index < -0.39 is 77.8 Å². The lowest BCUT2D eigenvalue weighted by molar-refractivity contribution is -0.777. The van der Waals surface area contributed by atoms with Crippen LogP contribution in [0.5, 0.6) is 0 Å². The number of hydrogen-bond acceptors (Lipinski definition) is 9. The van der Waals surface area contributed by atoms with Crippen LogP contribution < -0.4 is 21.7 Å². The Morgan fingerprint density at radius 3 is 2.31 bits per heavy atom. The summed E-state index contributed by atoms with van der Waals surface area (Å²) in [4.78, 5) is 74.0. The number of benzene rings is 1. The Kier molecular flexibility index (Phi) is 9.08. The maximum atomic E-state index is 12.8. The summed E-state index contributed by atoms with van der Waals surface area (Å²) in [5.41, 5.74) is 5.62. The minimum absolute atomic E-state index is 0.111. The Labute approximate surface area is 206 Å². The number of imide groups is 1. The summed E-state index contributed by atoms with van der Waals surface area (Å²) in [5, 5.41) is 15.8. The number of hydrogen-bond donors (Lipinski definition) is 5. The third-order valence-corrected chi connectivity index (χ3v) is 4.93. The molecule has 1 aliphatic heterocycles. The summed E-state index contributed by atoms with van der Waals surface area (Å²) in [7, 11) is 0. The van der Waals surface area contributed by atoms with Gasteiger partial charge >= 0.3 is 30.0 Å². The second-order valence-electron chi connectivity index (χ2n) is 8.98. The molecular formula is C22H30N5O9+. The summed E-state index contributed by atoms with van der Waals surface area (Å²) in [6, 6.07) is 7.66. The van der Waals surface area contributed by atoms with Gasteiger partial charge in [-0.25, -0.2) is 19.2 Å². The van der Waals surface area contributed by atoms with Crippen LogP contribution in [0.4, 0.5) is 9.59 Å². The maximum Gasteiger partial charge on any atom is 0.426 e. The summed E-state index contributed by atoms with van der Waals surface area (Å²) in [6.45, 7) is 3.13. The molecule has 6 N–H and O–H groups in total. The van der Waals surface area contributed by atoms with Crippen molar-refractivity contribution in [3.8, 4) is 0 Å². The van der Waals surface area contributed by atoms with Crippen molar-refractivity contribution >= 4 is 35.9 Å². The van der Waals surface area contributed by atoms with Gasteiger partial charge in [-0.05, 0) is 26.3 Å². The molecule has 1 aromatic rings. The van der Waals surface area contributed by atoms with Crippen molar-refractivity contribution in [3.05, 3.63) is 35.9 Å². The normalized spacial score (nSPS) is 19.0. The van der Waals surface area contributed by atoms with Crippen molar-refractivity contribution in [1.82, 2.24) is 16.0 Å². The number of urea groups is 1. The molecule has 0 bridgehead atoms. The number of nitrogens with two attached hydrogens (primary N) is 1. The van der Waals surface area contributed by atoms with Crippen molar-refractivity contribution in [3.63, 3.8) is 0 Å². The van der Waals surface area contributed by atoms with Crippen LogP contribution in [-0.4, -0.2) is 76.5 Å². The molecule has 1 saturated heterocycles. The first-order chi connectivity index (χ1) is 16.7. The van der Waals surface area contributed by atoms with E-state index >= 15 is 0 Å². The predicted octanol–water partition coefficient (Wildman–Crippen LogP) is -0.477. The molecule has 0 aliphatic carbocycles. The number of alkyl carbamates (subject to hydrolysis) is 1. The molecule has 2 rings (SSSR count). The fourth-order valence-corrected chi connectivity index (χ4v) is 3.31. The Hall–Kier alpha value is -4.04. The highest BCUT2D eigenvalue weighted by molar-refractivity contribution is 5.97. The number of ether oxygens (including phenoxy) is 2. The van der Waals surface area contributed by atoms with Gasteiger partial charge in [0.05, 0.1) is 6.42 Å². The van der Waals surface area contributed by atoms with Crippen LogP contribution in [0.3, 0.4) is 0 Å². The number of esters is 1. The van der Waals surface area contributed by atoms with E-state index in [4.69, 9.17) is 20.3 Å². The van der Waals surface area contributed by atoms with E-state index in [-0.39, 0.29) is 6.61 Å². The molecule has 14 heteroatoms. The molecule has 1 aliphatic rings. The van der Waals surface area contributed by atoms with E-state index in [1.54, 1.807) is 51.1 Å². The average Bonchev–Trinajstić information content (AvgIpc) is 3.05. The third-order valence-electron chi connectivity index (χ3n) is 4.93. The molecule has 1 aromatic carbocycles. The van der Waals surface area contributed by atoms with Gasteiger partial charge in [0.25, 0.3) is 12.1 Å². The van der Waals surface area contributed by atoms with Crippen LogP contribution >= 0.6 is 0 Å². The van der Waals surface area contributed by atoms with Crippen LogP contribution in [0.1, 0.15) is 32.8 Å². The highest BCUT2D eigenvalue weighted by Crippen LogP contribution is 2.20. The van der Waals surface area contributed by atoms with E-state index in [1.807, 2.05) is 0 Å². The number of rotatable bonds is 10. The number of nitrogens with zero attached hydrogens (tertiary/aromatic N) is 1. The highest BCUT2D eigenvalue weighted by atomic mass is 16.6. The van der Waals surface area contributed by atoms with Crippen molar-refractivity contribution in [2.24, 2.45) is 5.73 Å². The molecule has 36 heavy (non-hydrogen) atoms. The minimum Gasteiger partial charge on any atom is -0.481 e. The predicted molar refractivity (Wildman–Crippen MR) is 121 cm³/mol. The van der Waals surface area contributed by atoms with Crippen LogP contribution in [0, 0.1) is 0 Å². The van der Waals surface area contributed by atoms with Gasteiger partial charge in [0, 0.05) is 0 Å². The molecule has 1 fully saturated rings. The number of carboxylic acid groups (broad SMARTS) is 1. The van der Waals surface area contributed by atoms with Crippen molar-refractivity contribution < 1.29 is 47.8 Å². The quantitative estimate of drug-likeness (QED) is 0.119. The lowest BCUT2D eigenvalue weighted by atomic mass is 10.2. The Balaban J connectivity index is 2.13. The van der Waals surface area contributed by atoms with Gasteiger partial charge in [0.1, 0.15) is 24.9 Å². The molecule has 1 heterocycles. The molecule has 0 aromatic heterocycles. The Bertz CT molecular complexity index is 1010. The van der Waals surface area contributed by atoms with Gasteiger partial charge in [-0.3, -0.25) is 20.6 Å². The van der Waals surface area contributed by atoms with Crippen LogP contribution in [0.15, 0.2) is 30.3 Å². The van der Waals surface area contributed by atoms with E-state index in [2.05, 4.69) is 16.0 Å². The molecule has 3 atom stereocenters. The highest BCUT2D eigenvalue weighted by Gasteiger charge is 2.59. The van der Waals surface area contributed by atoms with Gasteiger partial charge in [0.15, 0.2) is 6.54 Å². The first kappa shape index (κ1) is 28.2. The molecule has 196 valence electrons. The molecule has 0 spiro atoms. The van der Waals surface area contributed by atoms with E-state index in [9.17, 15) is 28.8 Å². The number of carbonyl (C=O) groups excluding carboxylic acids is 5. The standard InChI is InChI=1S/C22H29N5O9/c1-22(2,3)36-19(32)18(23)27(16(29)10-24-20(27)33)11-15(28)25-14(9-17(30)31)26-21(34)35-12-13-7-5-4-6-8-13/h4-8,14,18H,9-12,23H2,1-3H3,(H3-,24,25,26,28,30,31,33,34)/p+1/t14?,18-,27?/m0/s1. The average molecular weight is 509 g/mol. The minimum atomic E-state index is -1.87. The SMILES string of the molecule is CC(C)(C)OC(=O)[C@@H](N)[N+]1(CC(=O)NC(CC(=O)O)NC(=O)OCc2ccccc2)C(=O)CNC1=O. The van der Waals surface area contributed by atoms with Gasteiger partial charge in [-0.15, -0.1) is 4.48 Å². The number of aliphatic carboxylic acids is 1. The number of amides is 5. The van der Waals surface area contributed by atoms with Crippen molar-refractivity contribution in [1.29, 1.82) is 0 Å². The smallest absolute Gasteiger partial charge is 0.426 e. The van der Waals surface area contributed by atoms with Crippen LogP contribution in [0.2, 0.25) is 0 Å². The fourth-order valence-electron chi connectivity index (χ4n) is 3.31. The van der Waals surface area contributed by atoms with Gasteiger partial charge in [-0.2, -0.15) is 0 Å². The lowest BCUT2D eigenvalue weighted by Crippen LogP contribution is -2.70. The Morgan fingerprint density at radius 2 is 1.78 bits per heavy atom. The molecule has 5 amide bonds.